The molecule has 0 radical (unpaired) electrons. The summed E-state index contributed by atoms with van der Waals surface area (Å²) in [5.74, 6) is 0.0600. The SMILES string of the molecule is Cc1nn(CC(C)C)c(C)c1CCC(=O)Nc1ccc(N2CCOCC2)c(F)c1. The summed E-state index contributed by atoms with van der Waals surface area (Å²) in [6, 6.07) is 4.86. The number of rotatable bonds is 7. The summed E-state index contributed by atoms with van der Waals surface area (Å²) in [4.78, 5) is 14.4. The van der Waals surface area contributed by atoms with Gasteiger partial charge in [-0.25, -0.2) is 4.39 Å². The van der Waals surface area contributed by atoms with Crippen LogP contribution >= 0.6 is 0 Å². The van der Waals surface area contributed by atoms with Gasteiger partial charge >= 0.3 is 0 Å². The molecule has 2 heterocycles. The van der Waals surface area contributed by atoms with Crippen LogP contribution in [0.4, 0.5) is 15.8 Å². The number of nitrogens with one attached hydrogen (secondary N) is 1. The first kappa shape index (κ1) is 21.3. The summed E-state index contributed by atoms with van der Waals surface area (Å²) in [6.07, 6.45) is 0.956. The van der Waals surface area contributed by atoms with Gasteiger partial charge in [-0.05, 0) is 49.9 Å². The fourth-order valence-electron chi connectivity index (χ4n) is 3.73. The van der Waals surface area contributed by atoms with E-state index in [2.05, 4.69) is 31.2 Å². The Kier molecular flexibility index (Phi) is 6.90. The van der Waals surface area contributed by atoms with E-state index in [1.54, 1.807) is 12.1 Å². The number of aromatic nitrogens is 2. The minimum atomic E-state index is -0.327. The van der Waals surface area contributed by atoms with Crippen LogP contribution in [0.3, 0.4) is 0 Å². The Morgan fingerprint density at radius 3 is 2.66 bits per heavy atom. The molecule has 7 heteroatoms. The van der Waals surface area contributed by atoms with Crippen molar-refractivity contribution >= 4 is 17.3 Å². The van der Waals surface area contributed by atoms with Gasteiger partial charge in [-0.1, -0.05) is 13.8 Å². The maximum absolute atomic E-state index is 14.5. The zero-order valence-corrected chi connectivity index (χ0v) is 17.8. The first-order chi connectivity index (χ1) is 13.8. The monoisotopic (exact) mass is 402 g/mol. The molecule has 0 spiro atoms. The predicted octanol–water partition coefficient (Wildman–Crippen LogP) is 3.70. The number of carbonyl (C=O) groups is 1. The molecule has 1 fully saturated rings. The highest BCUT2D eigenvalue weighted by atomic mass is 19.1. The zero-order chi connectivity index (χ0) is 21.0. The van der Waals surface area contributed by atoms with Gasteiger partial charge in [0.05, 0.1) is 24.6 Å². The molecule has 2 aromatic rings. The third-order valence-corrected chi connectivity index (χ3v) is 5.25. The molecule has 1 aromatic carbocycles. The van der Waals surface area contributed by atoms with Crippen LogP contribution in [0.5, 0.6) is 0 Å². The van der Waals surface area contributed by atoms with Gasteiger partial charge in [-0.3, -0.25) is 9.48 Å². The number of nitrogens with zero attached hydrogens (tertiary/aromatic N) is 3. The Labute approximate surface area is 172 Å². The van der Waals surface area contributed by atoms with Crippen molar-refractivity contribution in [3.63, 3.8) is 0 Å². The molecule has 0 saturated carbocycles. The number of hydrogen-bond donors (Lipinski definition) is 1. The van der Waals surface area contributed by atoms with Crippen LogP contribution in [0.15, 0.2) is 18.2 Å². The lowest BCUT2D eigenvalue weighted by Crippen LogP contribution is -2.36. The molecule has 1 aliphatic rings. The van der Waals surface area contributed by atoms with Crippen molar-refractivity contribution in [2.75, 3.05) is 36.5 Å². The van der Waals surface area contributed by atoms with Crippen molar-refractivity contribution in [3.05, 3.63) is 41.0 Å². The Balaban J connectivity index is 1.58. The minimum Gasteiger partial charge on any atom is -0.378 e. The molecular formula is C22H31FN4O2. The van der Waals surface area contributed by atoms with E-state index < -0.39 is 0 Å². The molecule has 0 atom stereocenters. The van der Waals surface area contributed by atoms with Gasteiger partial charge < -0.3 is 15.0 Å². The van der Waals surface area contributed by atoms with E-state index in [-0.39, 0.29) is 11.7 Å². The highest BCUT2D eigenvalue weighted by Gasteiger charge is 2.17. The van der Waals surface area contributed by atoms with E-state index in [1.165, 1.54) is 6.07 Å². The predicted molar refractivity (Wildman–Crippen MR) is 113 cm³/mol. The molecule has 6 nitrogen and oxygen atoms in total. The van der Waals surface area contributed by atoms with Gasteiger partial charge in [0.15, 0.2) is 0 Å². The molecule has 0 aliphatic carbocycles. The Morgan fingerprint density at radius 1 is 1.28 bits per heavy atom. The van der Waals surface area contributed by atoms with E-state index in [4.69, 9.17) is 4.74 Å². The van der Waals surface area contributed by atoms with Crippen molar-refractivity contribution in [2.24, 2.45) is 5.92 Å². The summed E-state index contributed by atoms with van der Waals surface area (Å²) in [5.41, 5.74) is 4.24. The van der Waals surface area contributed by atoms with Crippen LogP contribution in [0, 0.1) is 25.6 Å². The Bertz CT molecular complexity index is 857. The fraction of sp³-hybridized carbons (Fsp3) is 0.545. The van der Waals surface area contributed by atoms with Gasteiger partial charge in [-0.15, -0.1) is 0 Å². The molecule has 1 aromatic heterocycles. The molecule has 1 N–H and O–H groups in total. The molecule has 29 heavy (non-hydrogen) atoms. The molecule has 1 saturated heterocycles. The van der Waals surface area contributed by atoms with Crippen molar-refractivity contribution in [1.82, 2.24) is 9.78 Å². The van der Waals surface area contributed by atoms with E-state index >= 15 is 0 Å². The topological polar surface area (TPSA) is 59.4 Å². The van der Waals surface area contributed by atoms with Gasteiger partial charge in [-0.2, -0.15) is 5.10 Å². The van der Waals surface area contributed by atoms with Gasteiger partial charge in [0.25, 0.3) is 0 Å². The molecular weight excluding hydrogens is 371 g/mol. The summed E-state index contributed by atoms with van der Waals surface area (Å²) in [6.45, 7) is 11.8. The lowest BCUT2D eigenvalue weighted by Gasteiger charge is -2.29. The molecule has 0 unspecified atom stereocenters. The van der Waals surface area contributed by atoms with E-state index in [0.29, 0.717) is 56.4 Å². The van der Waals surface area contributed by atoms with Crippen LogP contribution in [-0.2, 0) is 22.5 Å². The summed E-state index contributed by atoms with van der Waals surface area (Å²) < 4.78 is 21.8. The van der Waals surface area contributed by atoms with Crippen molar-refractivity contribution < 1.29 is 13.9 Å². The first-order valence-corrected chi connectivity index (χ1v) is 10.3. The second-order valence-corrected chi connectivity index (χ2v) is 8.04. The number of hydrogen-bond acceptors (Lipinski definition) is 4. The molecule has 1 amide bonds. The minimum absolute atomic E-state index is 0.126. The average Bonchev–Trinajstić information content (AvgIpc) is 2.93. The summed E-state index contributed by atoms with van der Waals surface area (Å²) >= 11 is 0. The third kappa shape index (κ3) is 5.35. The number of benzene rings is 1. The molecule has 158 valence electrons. The Morgan fingerprint density at radius 2 is 2.00 bits per heavy atom. The third-order valence-electron chi connectivity index (χ3n) is 5.25. The number of anilines is 2. The van der Waals surface area contributed by atoms with Crippen LogP contribution in [0.2, 0.25) is 0 Å². The zero-order valence-electron chi connectivity index (χ0n) is 17.8. The van der Waals surface area contributed by atoms with Crippen LogP contribution in [0.1, 0.15) is 37.2 Å². The van der Waals surface area contributed by atoms with Gasteiger partial charge in [0.2, 0.25) is 5.91 Å². The van der Waals surface area contributed by atoms with Gasteiger partial charge in [0, 0.05) is 37.4 Å². The maximum Gasteiger partial charge on any atom is 0.224 e. The molecule has 0 bridgehead atoms. The van der Waals surface area contributed by atoms with Crippen LogP contribution in [-0.4, -0.2) is 42.0 Å². The lowest BCUT2D eigenvalue weighted by atomic mass is 10.1. The average molecular weight is 403 g/mol. The standard InChI is InChI=1S/C22H31FN4O2/c1-15(2)14-27-17(4)19(16(3)25-27)6-8-22(28)24-18-5-7-21(20(23)13-18)26-9-11-29-12-10-26/h5,7,13,15H,6,8-12,14H2,1-4H3,(H,24,28). The first-order valence-electron chi connectivity index (χ1n) is 10.3. The summed E-state index contributed by atoms with van der Waals surface area (Å²) in [7, 11) is 0. The number of morpholine rings is 1. The maximum atomic E-state index is 14.5. The van der Waals surface area contributed by atoms with E-state index in [9.17, 15) is 9.18 Å². The normalized spacial score (nSPS) is 14.5. The Hall–Kier alpha value is -2.41. The van der Waals surface area contributed by atoms with Gasteiger partial charge in [0.1, 0.15) is 5.82 Å². The van der Waals surface area contributed by atoms with Crippen LogP contribution in [0.25, 0.3) is 0 Å². The van der Waals surface area contributed by atoms with E-state index in [1.807, 2.05) is 16.5 Å². The largest absolute Gasteiger partial charge is 0.378 e. The quantitative estimate of drug-likeness (QED) is 0.767. The number of ether oxygens (including phenoxy) is 1. The van der Waals surface area contributed by atoms with Crippen molar-refractivity contribution in [3.8, 4) is 0 Å². The number of amides is 1. The highest BCUT2D eigenvalue weighted by Crippen LogP contribution is 2.24. The number of carbonyl (C=O) groups excluding carboxylic acids is 1. The summed E-state index contributed by atoms with van der Waals surface area (Å²) in [5, 5.41) is 7.41. The second-order valence-electron chi connectivity index (χ2n) is 8.04. The highest BCUT2D eigenvalue weighted by molar-refractivity contribution is 5.91. The second kappa shape index (κ2) is 9.39. The van der Waals surface area contributed by atoms with Crippen LogP contribution < -0.4 is 10.2 Å². The molecule has 3 rings (SSSR count). The lowest BCUT2D eigenvalue weighted by molar-refractivity contribution is -0.116. The van der Waals surface area contributed by atoms with Crippen molar-refractivity contribution in [1.29, 1.82) is 0 Å². The molecule has 1 aliphatic heterocycles. The fourth-order valence-corrected chi connectivity index (χ4v) is 3.73. The van der Waals surface area contributed by atoms with E-state index in [0.717, 1.165) is 23.5 Å². The van der Waals surface area contributed by atoms with Crippen molar-refractivity contribution in [2.45, 2.75) is 47.1 Å². The number of halogens is 1. The number of aryl methyl sites for hydroxylation is 1. The smallest absolute Gasteiger partial charge is 0.224 e.